The monoisotopic (exact) mass is 625 g/mol. The van der Waals surface area contributed by atoms with E-state index in [-0.39, 0.29) is 52.4 Å². The van der Waals surface area contributed by atoms with Crippen molar-refractivity contribution in [2.24, 2.45) is 35.5 Å². The fraction of sp³-hybridized carbons (Fsp3) is 0.242. The number of hydrogen-bond donors (Lipinski definition) is 0. The normalized spacial score (nSPS) is 26.5. The molecule has 8 nitrogen and oxygen atoms in total. The molecule has 5 aliphatic rings. The number of allylic oxidation sites excluding steroid dienone is 2. The minimum absolute atomic E-state index is 0.140. The van der Waals surface area contributed by atoms with Gasteiger partial charge < -0.3 is 9.47 Å². The molecule has 0 aromatic heterocycles. The SMILES string of the molecule is O=C(COC(=O)c1ccc(N2C(=O)C3C4C=CC(C5CC45)C3C2=O)cc1)c1ccc(OC(=O)c2ccc(Br)cc2)cc1. The van der Waals surface area contributed by atoms with E-state index in [1.165, 1.54) is 41.3 Å². The van der Waals surface area contributed by atoms with E-state index in [0.717, 1.165) is 10.9 Å². The number of imide groups is 1. The van der Waals surface area contributed by atoms with Crippen molar-refractivity contribution >= 4 is 51.2 Å². The van der Waals surface area contributed by atoms with Crippen molar-refractivity contribution in [2.75, 3.05) is 11.5 Å². The van der Waals surface area contributed by atoms with E-state index in [1.807, 2.05) is 0 Å². The number of carbonyl (C=O) groups is 5. The minimum atomic E-state index is -0.704. The van der Waals surface area contributed by atoms with Crippen molar-refractivity contribution in [2.45, 2.75) is 6.42 Å². The average molecular weight is 626 g/mol. The van der Waals surface area contributed by atoms with Gasteiger partial charge in [-0.25, -0.2) is 9.59 Å². The van der Waals surface area contributed by atoms with Gasteiger partial charge in [0, 0.05) is 10.0 Å². The van der Waals surface area contributed by atoms with Crippen LogP contribution in [0.15, 0.2) is 89.4 Å². The highest BCUT2D eigenvalue weighted by molar-refractivity contribution is 9.10. The summed E-state index contributed by atoms with van der Waals surface area (Å²) in [6.45, 7) is -0.483. The zero-order chi connectivity index (χ0) is 29.1. The largest absolute Gasteiger partial charge is 0.454 e. The lowest BCUT2D eigenvalue weighted by Gasteiger charge is -2.37. The predicted octanol–water partition coefficient (Wildman–Crippen LogP) is 5.27. The number of anilines is 1. The van der Waals surface area contributed by atoms with Crippen LogP contribution in [0.3, 0.4) is 0 Å². The van der Waals surface area contributed by atoms with Gasteiger partial charge in [-0.05, 0) is 103 Å². The molecule has 3 aromatic rings. The molecule has 0 spiro atoms. The lowest BCUT2D eigenvalue weighted by molar-refractivity contribution is -0.124. The van der Waals surface area contributed by atoms with Crippen LogP contribution in [-0.4, -0.2) is 36.1 Å². The summed E-state index contributed by atoms with van der Waals surface area (Å²) in [7, 11) is 0. The van der Waals surface area contributed by atoms with Crippen molar-refractivity contribution in [3.05, 3.63) is 106 Å². The Morgan fingerprint density at radius 3 is 1.83 bits per heavy atom. The number of ketones is 1. The Morgan fingerprint density at radius 2 is 1.24 bits per heavy atom. The van der Waals surface area contributed by atoms with Crippen LogP contribution in [0.1, 0.15) is 37.5 Å². The summed E-state index contributed by atoms with van der Waals surface area (Å²) in [6.07, 6.45) is 5.36. The van der Waals surface area contributed by atoms with Crippen molar-refractivity contribution in [1.82, 2.24) is 0 Å². The van der Waals surface area contributed by atoms with Gasteiger partial charge in [0.15, 0.2) is 12.4 Å². The van der Waals surface area contributed by atoms with Crippen molar-refractivity contribution in [3.8, 4) is 5.75 Å². The Balaban J connectivity index is 0.945. The molecule has 210 valence electrons. The first-order valence-electron chi connectivity index (χ1n) is 13.7. The zero-order valence-corrected chi connectivity index (χ0v) is 23.7. The molecule has 6 unspecified atom stereocenters. The summed E-state index contributed by atoms with van der Waals surface area (Å²) in [4.78, 5) is 65.4. The molecule has 2 saturated carbocycles. The zero-order valence-electron chi connectivity index (χ0n) is 22.1. The van der Waals surface area contributed by atoms with Crippen LogP contribution >= 0.6 is 15.9 Å². The van der Waals surface area contributed by atoms with Crippen molar-refractivity contribution < 1.29 is 33.4 Å². The predicted molar refractivity (Wildman–Crippen MR) is 154 cm³/mol. The second-order valence-corrected chi connectivity index (χ2v) is 12.0. The Morgan fingerprint density at radius 1 is 0.714 bits per heavy atom. The number of carbonyl (C=O) groups excluding carboxylic acids is 5. The quantitative estimate of drug-likeness (QED) is 0.116. The first-order valence-corrected chi connectivity index (χ1v) is 14.5. The molecule has 1 heterocycles. The third kappa shape index (κ3) is 4.48. The van der Waals surface area contributed by atoms with Crippen LogP contribution in [0, 0.1) is 35.5 Å². The van der Waals surface area contributed by atoms with Crippen LogP contribution in [0.4, 0.5) is 5.69 Å². The summed E-state index contributed by atoms with van der Waals surface area (Å²) in [5, 5.41) is 0. The Bertz CT molecular complexity index is 1630. The lowest BCUT2D eigenvalue weighted by Crippen LogP contribution is -2.40. The molecular weight excluding hydrogens is 602 g/mol. The van der Waals surface area contributed by atoms with Crippen LogP contribution in [0.5, 0.6) is 5.75 Å². The summed E-state index contributed by atoms with van der Waals surface area (Å²) >= 11 is 3.31. The maximum atomic E-state index is 13.3. The van der Waals surface area contributed by atoms with E-state index in [0.29, 0.717) is 23.1 Å². The van der Waals surface area contributed by atoms with Gasteiger partial charge in [0.25, 0.3) is 0 Å². The standard InChI is InChI=1S/C33H24BrNO7/c34-20-7-1-19(2-8-20)33(40)42-22-11-5-17(6-12-22)27(36)16-41-32(39)18-3-9-21(10-4-18)35-30(37)28-23-13-14-24(26-15-25(23)26)29(28)31(35)38/h1-14,23-26,28-29H,15-16H2. The topological polar surface area (TPSA) is 107 Å². The van der Waals surface area contributed by atoms with Gasteiger partial charge in [0.2, 0.25) is 11.8 Å². The van der Waals surface area contributed by atoms with Gasteiger partial charge >= 0.3 is 11.9 Å². The summed E-state index contributed by atoms with van der Waals surface area (Å²) in [5.41, 5.74) is 1.30. The van der Waals surface area contributed by atoms with E-state index in [9.17, 15) is 24.0 Å². The van der Waals surface area contributed by atoms with Gasteiger partial charge in [-0.15, -0.1) is 0 Å². The number of esters is 2. The number of benzene rings is 3. The van der Waals surface area contributed by atoms with Gasteiger partial charge in [-0.2, -0.15) is 0 Å². The van der Waals surface area contributed by atoms with E-state index in [4.69, 9.17) is 9.47 Å². The Kier molecular flexibility index (Phi) is 6.42. The molecule has 4 aliphatic carbocycles. The van der Waals surface area contributed by atoms with Crippen LogP contribution in [0.25, 0.3) is 0 Å². The molecular formula is C33H24BrNO7. The number of halogens is 1. The van der Waals surface area contributed by atoms with E-state index >= 15 is 0 Å². The molecule has 8 rings (SSSR count). The highest BCUT2D eigenvalue weighted by atomic mass is 79.9. The van der Waals surface area contributed by atoms with E-state index < -0.39 is 24.3 Å². The molecule has 2 bridgehead atoms. The molecule has 3 fully saturated rings. The first-order chi connectivity index (χ1) is 20.3. The third-order valence-electron chi connectivity index (χ3n) is 8.83. The van der Waals surface area contributed by atoms with Crippen LogP contribution in [0.2, 0.25) is 0 Å². The smallest absolute Gasteiger partial charge is 0.343 e. The summed E-state index contributed by atoms with van der Waals surface area (Å²) in [6, 6.07) is 18.8. The van der Waals surface area contributed by atoms with Crippen LogP contribution in [-0.2, 0) is 14.3 Å². The second kappa shape index (κ2) is 10.2. The molecule has 0 radical (unpaired) electrons. The third-order valence-corrected chi connectivity index (χ3v) is 9.35. The van der Waals surface area contributed by atoms with Gasteiger partial charge in [0.05, 0.1) is 28.7 Å². The summed E-state index contributed by atoms with van der Waals surface area (Å²) in [5.74, 6) is -0.970. The maximum Gasteiger partial charge on any atom is 0.343 e. The van der Waals surface area contributed by atoms with E-state index in [2.05, 4.69) is 28.1 Å². The molecule has 9 heteroatoms. The molecule has 42 heavy (non-hydrogen) atoms. The number of amides is 2. The number of Topliss-reactive ketones (excluding diaryl/α,β-unsaturated/α-hetero) is 1. The van der Waals surface area contributed by atoms with Gasteiger partial charge in [0.1, 0.15) is 5.75 Å². The number of hydrogen-bond acceptors (Lipinski definition) is 7. The molecule has 1 aliphatic heterocycles. The molecule has 6 atom stereocenters. The number of ether oxygens (including phenoxy) is 2. The molecule has 1 saturated heterocycles. The fourth-order valence-electron chi connectivity index (χ4n) is 6.72. The maximum absolute atomic E-state index is 13.3. The Hall–Kier alpha value is -4.37. The first kappa shape index (κ1) is 26.5. The van der Waals surface area contributed by atoms with Gasteiger partial charge in [-0.3, -0.25) is 19.3 Å². The van der Waals surface area contributed by atoms with Crippen LogP contribution < -0.4 is 9.64 Å². The van der Waals surface area contributed by atoms with Crippen molar-refractivity contribution in [1.29, 1.82) is 0 Å². The number of nitrogens with zero attached hydrogens (tertiary/aromatic N) is 1. The van der Waals surface area contributed by atoms with Gasteiger partial charge in [-0.1, -0.05) is 28.1 Å². The summed E-state index contributed by atoms with van der Waals surface area (Å²) < 4.78 is 11.4. The highest BCUT2D eigenvalue weighted by Gasteiger charge is 2.67. The fourth-order valence-corrected chi connectivity index (χ4v) is 6.98. The highest BCUT2D eigenvalue weighted by Crippen LogP contribution is 2.65. The average Bonchev–Trinajstić information content (AvgIpc) is 3.79. The minimum Gasteiger partial charge on any atom is -0.454 e. The van der Waals surface area contributed by atoms with Crippen molar-refractivity contribution in [3.63, 3.8) is 0 Å². The lowest BCUT2D eigenvalue weighted by atomic mass is 9.63. The molecule has 3 aromatic carbocycles. The molecule has 2 amide bonds. The number of rotatable bonds is 7. The Labute approximate surface area is 249 Å². The second-order valence-electron chi connectivity index (χ2n) is 11.1. The van der Waals surface area contributed by atoms with E-state index in [1.54, 1.807) is 36.4 Å². The molecule has 0 N–H and O–H groups in total.